The third-order valence-electron chi connectivity index (χ3n) is 8.90. The predicted octanol–water partition coefficient (Wildman–Crippen LogP) is 7.81. The highest BCUT2D eigenvalue weighted by atomic mass is 32.2. The summed E-state index contributed by atoms with van der Waals surface area (Å²) in [5.41, 5.74) is -0.623. The number of rotatable bonds is 19. The van der Waals surface area contributed by atoms with Gasteiger partial charge in [-0.3, -0.25) is 14.4 Å². The van der Waals surface area contributed by atoms with Crippen molar-refractivity contribution in [3.8, 4) is 23.0 Å². The summed E-state index contributed by atoms with van der Waals surface area (Å²) < 4.78 is 43.7. The van der Waals surface area contributed by atoms with Crippen LogP contribution in [0.25, 0.3) is 0 Å². The largest absolute Gasteiger partial charge is 0.484 e. The van der Waals surface area contributed by atoms with E-state index in [1.807, 2.05) is 64.5 Å². The molecule has 0 radical (unpaired) electrons. The van der Waals surface area contributed by atoms with Crippen molar-refractivity contribution in [1.82, 2.24) is 15.5 Å². The molecule has 0 bridgehead atoms. The fraction of sp³-hybridized carbons (Fsp3) is 0.476. The van der Waals surface area contributed by atoms with E-state index in [2.05, 4.69) is 10.6 Å². The van der Waals surface area contributed by atoms with E-state index < -0.39 is 60.7 Å². The Morgan fingerprint density at radius 2 is 1.22 bits per heavy atom. The lowest BCUT2D eigenvalue weighted by molar-refractivity contribution is -0.157. The Hall–Kier alpha value is -4.33. The molecule has 0 spiro atoms. The van der Waals surface area contributed by atoms with Crippen molar-refractivity contribution >= 4 is 54.8 Å². The number of esters is 1. The summed E-state index contributed by atoms with van der Waals surface area (Å²) in [6.45, 7) is 12.2. The molecule has 1 fully saturated rings. The van der Waals surface area contributed by atoms with Gasteiger partial charge < -0.3 is 38.8 Å². The zero-order valence-corrected chi connectivity index (χ0v) is 37.2. The van der Waals surface area contributed by atoms with Gasteiger partial charge in [-0.15, -0.1) is 23.5 Å². The Morgan fingerprint density at radius 3 is 1.67 bits per heavy atom. The summed E-state index contributed by atoms with van der Waals surface area (Å²) in [4.78, 5) is 56.7. The van der Waals surface area contributed by atoms with E-state index in [1.165, 1.54) is 4.90 Å². The van der Waals surface area contributed by atoms with Gasteiger partial charge in [0.05, 0.1) is 0 Å². The van der Waals surface area contributed by atoms with E-state index in [4.69, 9.17) is 23.3 Å². The first-order chi connectivity index (χ1) is 27.4. The van der Waals surface area contributed by atoms with Crippen LogP contribution in [0.1, 0.15) is 61.3 Å². The van der Waals surface area contributed by atoms with Crippen LogP contribution in [0.5, 0.6) is 23.0 Å². The van der Waals surface area contributed by atoms with Crippen LogP contribution >= 0.6 is 31.1 Å². The monoisotopic (exact) mass is 857 g/mol. The van der Waals surface area contributed by atoms with Crippen molar-refractivity contribution in [2.75, 3.05) is 32.3 Å². The number of carbonyl (C=O) groups excluding carboxylic acids is 4. The van der Waals surface area contributed by atoms with Gasteiger partial charge in [0.25, 0.3) is 5.91 Å². The standard InChI is InChI=1S/C42H56N3O10PS2/c1-27(2)38(43-36(46)25-51-29-12-14-30(15-13-29)52-26-37(47)53-42(5,6)7)41(49)45-24-10-11-35(45)39(48)44-40(28(3)4)56(50,54-31-16-20-33(57-8)21-17-31)55-32-18-22-34(58-9)23-19-32/h12-23,27-28,35,38,40H,10-11,24-26H2,1-9H3,(H,43,46)(H,44,48)/t35-,38-,40?/m0/s1. The highest BCUT2D eigenvalue weighted by molar-refractivity contribution is 7.98. The average Bonchev–Trinajstić information content (AvgIpc) is 3.68. The van der Waals surface area contributed by atoms with Crippen molar-refractivity contribution in [1.29, 1.82) is 0 Å². The Morgan fingerprint density at radius 1 is 0.741 bits per heavy atom. The van der Waals surface area contributed by atoms with Gasteiger partial charge in [-0.05, 0) is 131 Å². The van der Waals surface area contributed by atoms with E-state index in [0.717, 1.165) is 9.79 Å². The number of likely N-dealkylation sites (tertiary alicyclic amines) is 1. The second-order valence-electron chi connectivity index (χ2n) is 15.4. The minimum absolute atomic E-state index is 0.257. The molecule has 13 nitrogen and oxygen atoms in total. The van der Waals surface area contributed by atoms with Crippen molar-refractivity contribution in [3.63, 3.8) is 0 Å². The quantitative estimate of drug-likeness (QED) is 0.0686. The summed E-state index contributed by atoms with van der Waals surface area (Å²) in [7, 11) is -4.16. The number of hydrogen-bond donors (Lipinski definition) is 2. The fourth-order valence-corrected chi connectivity index (χ4v) is 8.98. The molecule has 1 heterocycles. The van der Waals surface area contributed by atoms with E-state index in [-0.39, 0.29) is 19.1 Å². The maximum Gasteiger partial charge on any atom is 0.453 e. The van der Waals surface area contributed by atoms with E-state index >= 15 is 0 Å². The molecular formula is C42H56N3O10PS2. The van der Waals surface area contributed by atoms with E-state index in [0.29, 0.717) is 42.4 Å². The molecule has 4 rings (SSSR count). The predicted molar refractivity (Wildman–Crippen MR) is 227 cm³/mol. The Labute approximate surface area is 350 Å². The molecule has 1 aliphatic rings. The molecule has 16 heteroatoms. The van der Waals surface area contributed by atoms with Crippen LogP contribution in [0.3, 0.4) is 0 Å². The maximum absolute atomic E-state index is 14.9. The number of benzene rings is 3. The minimum Gasteiger partial charge on any atom is -0.484 e. The van der Waals surface area contributed by atoms with Crippen molar-refractivity contribution in [2.45, 2.75) is 94.6 Å². The molecule has 3 atom stereocenters. The van der Waals surface area contributed by atoms with Crippen LogP contribution in [0.4, 0.5) is 0 Å². The van der Waals surface area contributed by atoms with Crippen LogP contribution in [0.15, 0.2) is 82.6 Å². The molecule has 2 N–H and O–H groups in total. The Bertz CT molecular complexity index is 1830. The van der Waals surface area contributed by atoms with Gasteiger partial charge in [0, 0.05) is 16.3 Å². The zero-order valence-electron chi connectivity index (χ0n) is 34.6. The number of nitrogens with one attached hydrogen (secondary N) is 2. The Balaban J connectivity index is 1.43. The van der Waals surface area contributed by atoms with Crippen molar-refractivity contribution in [3.05, 3.63) is 72.8 Å². The molecule has 3 amide bonds. The molecule has 58 heavy (non-hydrogen) atoms. The van der Waals surface area contributed by atoms with Gasteiger partial charge in [0.1, 0.15) is 40.7 Å². The summed E-state index contributed by atoms with van der Waals surface area (Å²) in [6.07, 6.45) is 4.84. The SMILES string of the molecule is CSc1ccc(OP(=O)(Oc2ccc(SC)cc2)C(NC(=O)[C@@H]2CCCN2C(=O)[C@@H](NC(=O)COc2ccc(OCC(=O)OC(C)(C)C)cc2)C(C)C)C(C)C)cc1. The minimum atomic E-state index is -4.16. The van der Waals surface area contributed by atoms with Crippen LogP contribution < -0.4 is 29.2 Å². The first kappa shape index (κ1) is 46.4. The van der Waals surface area contributed by atoms with Gasteiger partial charge >= 0.3 is 13.6 Å². The number of carbonyl (C=O) groups is 4. The second kappa shape index (κ2) is 21.1. The Kier molecular flexibility index (Phi) is 16.9. The lowest BCUT2D eigenvalue weighted by Gasteiger charge is -2.34. The number of nitrogens with zero attached hydrogens (tertiary/aromatic N) is 1. The molecule has 1 unspecified atom stereocenters. The van der Waals surface area contributed by atoms with Crippen LogP contribution in [0, 0.1) is 11.8 Å². The van der Waals surface area contributed by atoms with Crippen molar-refractivity contribution in [2.24, 2.45) is 11.8 Å². The lowest BCUT2D eigenvalue weighted by Crippen LogP contribution is -2.56. The summed E-state index contributed by atoms with van der Waals surface area (Å²) >= 11 is 3.12. The highest BCUT2D eigenvalue weighted by Crippen LogP contribution is 2.54. The summed E-state index contributed by atoms with van der Waals surface area (Å²) in [5.74, 6) is -2.30. The molecule has 0 aliphatic carbocycles. The van der Waals surface area contributed by atoms with E-state index in [1.54, 1.807) is 92.8 Å². The molecule has 0 saturated carbocycles. The fourth-order valence-electron chi connectivity index (χ4n) is 6.06. The lowest BCUT2D eigenvalue weighted by atomic mass is 10.0. The van der Waals surface area contributed by atoms with Gasteiger partial charge in [0.2, 0.25) is 11.8 Å². The first-order valence-electron chi connectivity index (χ1n) is 19.2. The zero-order chi connectivity index (χ0) is 42.6. The maximum atomic E-state index is 14.9. The number of ether oxygens (including phenoxy) is 3. The summed E-state index contributed by atoms with van der Waals surface area (Å²) in [5, 5.41) is 5.74. The average molecular weight is 858 g/mol. The topological polar surface area (TPSA) is 159 Å². The second-order valence-corrected chi connectivity index (χ2v) is 19.1. The molecule has 0 aromatic heterocycles. The van der Waals surface area contributed by atoms with Crippen LogP contribution in [-0.4, -0.2) is 84.3 Å². The van der Waals surface area contributed by atoms with E-state index in [9.17, 15) is 23.7 Å². The highest BCUT2D eigenvalue weighted by Gasteiger charge is 2.46. The van der Waals surface area contributed by atoms with Crippen LogP contribution in [-0.2, 0) is 28.5 Å². The molecule has 3 aromatic carbocycles. The summed E-state index contributed by atoms with van der Waals surface area (Å²) in [6, 6.07) is 18.8. The van der Waals surface area contributed by atoms with Crippen LogP contribution in [0.2, 0.25) is 0 Å². The molecule has 1 aliphatic heterocycles. The van der Waals surface area contributed by atoms with Crippen molar-refractivity contribution < 1.29 is 47.0 Å². The molecule has 316 valence electrons. The molecular weight excluding hydrogens is 802 g/mol. The third kappa shape index (κ3) is 13.6. The normalized spacial score (nSPS) is 15.4. The van der Waals surface area contributed by atoms with Gasteiger partial charge in [-0.1, -0.05) is 27.7 Å². The molecule has 1 saturated heterocycles. The number of hydrogen-bond acceptors (Lipinski definition) is 12. The van der Waals surface area contributed by atoms with Gasteiger partial charge in [0.15, 0.2) is 19.0 Å². The number of thioether (sulfide) groups is 2. The number of amides is 3. The third-order valence-corrected chi connectivity index (χ3v) is 12.7. The smallest absolute Gasteiger partial charge is 0.453 e. The first-order valence-corrected chi connectivity index (χ1v) is 23.2. The molecule has 3 aromatic rings. The van der Waals surface area contributed by atoms with Gasteiger partial charge in [-0.2, -0.15) is 0 Å². The van der Waals surface area contributed by atoms with Gasteiger partial charge in [-0.25, -0.2) is 9.36 Å².